The Morgan fingerprint density at radius 1 is 0.667 bits per heavy atom. The van der Waals surface area contributed by atoms with Crippen molar-refractivity contribution in [3.05, 3.63) is 82.6 Å². The van der Waals surface area contributed by atoms with E-state index in [1.807, 2.05) is 29.8 Å². The number of nitrogens with zero attached hydrogens (tertiary/aromatic N) is 3. The summed E-state index contributed by atoms with van der Waals surface area (Å²) in [6, 6.07) is 16.4. The van der Waals surface area contributed by atoms with E-state index in [0.717, 1.165) is 92.2 Å². The molecule has 300 valence electrons. The van der Waals surface area contributed by atoms with E-state index in [2.05, 4.69) is 59.2 Å². The highest BCUT2D eigenvalue weighted by molar-refractivity contribution is 6.04. The summed E-state index contributed by atoms with van der Waals surface area (Å²) in [5, 5.41) is 5.58. The Labute approximate surface area is 335 Å². The number of hydrogen-bond donors (Lipinski definition) is 2. The highest BCUT2D eigenvalue weighted by atomic mass is 16.5. The van der Waals surface area contributed by atoms with Crippen molar-refractivity contribution >= 4 is 40.9 Å². The number of benzene rings is 2. The Kier molecular flexibility index (Phi) is 11.1. The van der Waals surface area contributed by atoms with Crippen molar-refractivity contribution in [1.82, 2.24) is 20.4 Å². The van der Waals surface area contributed by atoms with Crippen LogP contribution in [0, 0.1) is 11.8 Å². The summed E-state index contributed by atoms with van der Waals surface area (Å²) in [6.45, 7) is 5.29. The molecule has 2 aromatic carbocycles. The van der Waals surface area contributed by atoms with E-state index in [-0.39, 0.29) is 35.7 Å². The van der Waals surface area contributed by atoms with Crippen LogP contribution in [0.2, 0.25) is 0 Å². The summed E-state index contributed by atoms with van der Waals surface area (Å²) in [7, 11) is 2.66. The van der Waals surface area contributed by atoms with Crippen LogP contribution in [-0.2, 0) is 19.1 Å². The van der Waals surface area contributed by atoms with Crippen molar-refractivity contribution in [1.29, 1.82) is 0 Å². The first kappa shape index (κ1) is 38.7. The number of fused-ring (bicyclic) bond motifs is 1. The van der Waals surface area contributed by atoms with Crippen LogP contribution in [0.1, 0.15) is 95.6 Å². The lowest BCUT2D eigenvalue weighted by atomic mass is 9.93. The number of rotatable bonds is 11. The summed E-state index contributed by atoms with van der Waals surface area (Å²) in [6.07, 6.45) is 11.2. The van der Waals surface area contributed by atoms with Gasteiger partial charge in [0.15, 0.2) is 0 Å². The third kappa shape index (κ3) is 7.77. The second-order valence-electron chi connectivity index (χ2n) is 16.8. The highest BCUT2D eigenvalue weighted by Crippen LogP contribution is 2.50. The summed E-state index contributed by atoms with van der Waals surface area (Å²) in [5.41, 5.74) is 12.5. The minimum atomic E-state index is -0.619. The Bertz CT molecular complexity index is 2040. The lowest BCUT2D eigenvalue weighted by Crippen LogP contribution is -2.52. The number of alkyl carbamates (subject to hydrolysis) is 2. The number of likely N-dealkylation sites (tertiary alicyclic amines) is 2. The van der Waals surface area contributed by atoms with Gasteiger partial charge in [-0.15, -0.1) is 0 Å². The van der Waals surface area contributed by atoms with E-state index >= 15 is 0 Å². The van der Waals surface area contributed by atoms with Gasteiger partial charge in [-0.1, -0.05) is 62.4 Å². The van der Waals surface area contributed by atoms with Crippen LogP contribution < -0.4 is 10.6 Å². The molecule has 0 unspecified atom stereocenters. The number of ether oxygens (including phenoxy) is 2. The van der Waals surface area contributed by atoms with Crippen LogP contribution in [0.25, 0.3) is 22.3 Å². The lowest BCUT2D eigenvalue weighted by Gasteiger charge is -2.32. The largest absolute Gasteiger partial charge is 0.453 e. The molecule has 0 radical (unpaired) electrons. The number of carbonyl (C=O) groups is 4. The van der Waals surface area contributed by atoms with Crippen LogP contribution >= 0.6 is 0 Å². The van der Waals surface area contributed by atoms with Crippen molar-refractivity contribution in [2.45, 2.75) is 109 Å². The van der Waals surface area contributed by atoms with Gasteiger partial charge in [-0.25, -0.2) is 9.59 Å². The van der Waals surface area contributed by atoms with Gasteiger partial charge in [0.1, 0.15) is 12.1 Å². The molecule has 0 bridgehead atoms. The maximum absolute atomic E-state index is 13.9. The minimum absolute atomic E-state index is 0.0211. The number of amides is 4. The number of hydrogen-bond acceptors (Lipinski definition) is 7. The van der Waals surface area contributed by atoms with Crippen LogP contribution in [0.4, 0.5) is 9.59 Å². The van der Waals surface area contributed by atoms with Crippen molar-refractivity contribution in [2.24, 2.45) is 16.8 Å². The third-order valence-corrected chi connectivity index (χ3v) is 13.0. The van der Waals surface area contributed by atoms with Crippen molar-refractivity contribution in [2.75, 3.05) is 27.3 Å². The molecule has 0 spiro atoms. The Morgan fingerprint density at radius 3 is 1.88 bits per heavy atom. The predicted octanol–water partition coefficient (Wildman–Crippen LogP) is 7.67. The van der Waals surface area contributed by atoms with E-state index in [1.54, 1.807) is 0 Å². The summed E-state index contributed by atoms with van der Waals surface area (Å²) < 4.78 is 9.65. The smallest absolute Gasteiger partial charge is 0.407 e. The fourth-order valence-corrected chi connectivity index (χ4v) is 9.82. The first-order valence-electron chi connectivity index (χ1n) is 20.9. The van der Waals surface area contributed by atoms with E-state index in [1.165, 1.54) is 42.1 Å². The van der Waals surface area contributed by atoms with Gasteiger partial charge in [0.25, 0.3) is 0 Å². The Balaban J connectivity index is 0.906. The molecular weight excluding hydrogens is 719 g/mol. The predicted molar refractivity (Wildman–Crippen MR) is 220 cm³/mol. The number of carbonyl (C=O) groups excluding carboxylic acids is 4. The molecule has 3 aliphatic carbocycles. The van der Waals surface area contributed by atoms with Gasteiger partial charge in [-0.3, -0.25) is 14.6 Å². The standard InChI is InChI=1S/C46H55N5O6/c1-27(2)41(48-45(54)56-3)43(52)50-22-6-10-39(50)37-25-36(34-8-5-9-35(34)37)31-18-16-29(17-19-31)28-12-14-30(15-13-28)33-24-38(47-26-33)40-11-7-23-51(40)44(53)42(32-20-21-32)49-46(55)57-4/h12-19,26-27,32,39-42H,5-11,20-25H2,1-4H3,(H,48,54)(H,49,55)/t39-,40-,41-,42-/m0/s1. The van der Waals surface area contributed by atoms with Gasteiger partial charge in [0.05, 0.1) is 26.3 Å². The van der Waals surface area contributed by atoms with Gasteiger partial charge >= 0.3 is 12.2 Å². The van der Waals surface area contributed by atoms with E-state index in [4.69, 9.17) is 14.5 Å². The molecule has 4 atom stereocenters. The van der Waals surface area contributed by atoms with Crippen LogP contribution in [0.3, 0.4) is 0 Å². The molecule has 3 aliphatic heterocycles. The quantitative estimate of drug-likeness (QED) is 0.241. The van der Waals surface area contributed by atoms with Crippen molar-refractivity contribution < 1.29 is 28.7 Å². The first-order chi connectivity index (χ1) is 27.6. The molecule has 4 amide bonds. The Morgan fingerprint density at radius 2 is 1.25 bits per heavy atom. The van der Waals surface area contributed by atoms with Crippen molar-refractivity contribution in [3.63, 3.8) is 0 Å². The number of methoxy groups -OCH3 is 2. The van der Waals surface area contributed by atoms with Crippen LogP contribution in [-0.4, -0.2) is 91.0 Å². The average Bonchev–Trinajstić information content (AvgIpc) is 3.80. The van der Waals surface area contributed by atoms with Gasteiger partial charge in [-0.2, -0.15) is 0 Å². The van der Waals surface area contributed by atoms with E-state index < -0.39 is 24.3 Å². The zero-order valence-electron chi connectivity index (χ0n) is 33.6. The minimum Gasteiger partial charge on any atom is -0.453 e. The van der Waals surface area contributed by atoms with Gasteiger partial charge in [-0.05, 0) is 126 Å². The number of nitrogens with one attached hydrogen (secondary N) is 2. The zero-order valence-corrected chi connectivity index (χ0v) is 33.6. The van der Waals surface area contributed by atoms with Gasteiger partial charge < -0.3 is 29.9 Å². The molecule has 2 saturated carbocycles. The molecule has 2 aromatic rings. The second kappa shape index (κ2) is 16.3. The topological polar surface area (TPSA) is 130 Å². The highest BCUT2D eigenvalue weighted by Gasteiger charge is 2.44. The SMILES string of the molecule is COC(=O)N[C@H](C(=O)N1CCC[C@H]1C1=C2CCCC2=C(c2ccc(-c3ccc(C4=CN=C([C@@H]5CCCN5C(=O)[C@@H](NC(=O)OC)C5CC5)C4)cc3)cc2)C1)C(C)C. The summed E-state index contributed by atoms with van der Waals surface area (Å²) >= 11 is 0. The fraction of sp³-hybridized carbons (Fsp3) is 0.500. The maximum Gasteiger partial charge on any atom is 0.407 e. The molecule has 57 heavy (non-hydrogen) atoms. The monoisotopic (exact) mass is 773 g/mol. The molecule has 2 N–H and O–H groups in total. The molecule has 8 rings (SSSR count). The number of aliphatic imine (C=N–C) groups is 1. The van der Waals surface area contributed by atoms with Crippen LogP contribution in [0.15, 0.2) is 76.4 Å². The molecular formula is C46H55N5O6. The molecule has 11 nitrogen and oxygen atoms in total. The Hall–Kier alpha value is -5.19. The van der Waals surface area contributed by atoms with Gasteiger partial charge in [0.2, 0.25) is 11.8 Å². The van der Waals surface area contributed by atoms with Gasteiger partial charge in [0, 0.05) is 31.4 Å². The second-order valence-corrected chi connectivity index (χ2v) is 16.8. The zero-order chi connectivity index (χ0) is 39.8. The van der Waals surface area contributed by atoms with Crippen molar-refractivity contribution in [3.8, 4) is 11.1 Å². The molecule has 2 saturated heterocycles. The third-order valence-electron chi connectivity index (χ3n) is 13.0. The average molecular weight is 774 g/mol. The molecule has 0 aromatic heterocycles. The number of allylic oxidation sites excluding steroid dienone is 4. The molecule has 11 heteroatoms. The lowest BCUT2D eigenvalue weighted by molar-refractivity contribution is -0.135. The molecule has 6 aliphatic rings. The molecule has 3 heterocycles. The normalized spacial score (nSPS) is 22.8. The fourth-order valence-electron chi connectivity index (χ4n) is 9.82. The maximum atomic E-state index is 13.9. The van der Waals surface area contributed by atoms with E-state index in [0.29, 0.717) is 19.5 Å². The molecule has 4 fully saturated rings. The van der Waals surface area contributed by atoms with E-state index in [9.17, 15) is 19.2 Å². The first-order valence-corrected chi connectivity index (χ1v) is 20.9. The van der Waals surface area contributed by atoms with Crippen LogP contribution in [0.5, 0.6) is 0 Å². The summed E-state index contributed by atoms with van der Waals surface area (Å²) in [5.74, 6) is 0.0713. The summed E-state index contributed by atoms with van der Waals surface area (Å²) in [4.78, 5) is 60.4.